The first-order chi connectivity index (χ1) is 8.29. The molecule has 0 radical (unpaired) electrons. The van der Waals surface area contributed by atoms with Crippen molar-refractivity contribution >= 4 is 11.3 Å². The number of hydrogen-bond acceptors (Lipinski definition) is 5. The van der Waals surface area contributed by atoms with Gasteiger partial charge in [-0.05, 0) is 19.5 Å². The lowest BCUT2D eigenvalue weighted by Gasteiger charge is -2.14. The molecule has 0 aliphatic carbocycles. The molecule has 0 fully saturated rings. The van der Waals surface area contributed by atoms with E-state index in [1.165, 1.54) is 0 Å². The van der Waals surface area contributed by atoms with Crippen LogP contribution in [0, 0.1) is 6.92 Å². The fourth-order valence-electron chi connectivity index (χ4n) is 1.70. The summed E-state index contributed by atoms with van der Waals surface area (Å²) in [4.78, 5) is 13.1. The molecule has 2 heterocycles. The van der Waals surface area contributed by atoms with Crippen LogP contribution >= 0.6 is 11.3 Å². The summed E-state index contributed by atoms with van der Waals surface area (Å²) in [5, 5.41) is 6.60. The van der Waals surface area contributed by atoms with Crippen LogP contribution in [0.5, 0.6) is 0 Å². The number of thiazole rings is 1. The van der Waals surface area contributed by atoms with Gasteiger partial charge in [-0.3, -0.25) is 0 Å². The number of nitrogens with one attached hydrogen (secondary N) is 1. The lowest BCUT2D eigenvalue weighted by Crippen LogP contribution is -2.25. The van der Waals surface area contributed by atoms with Crippen molar-refractivity contribution in [1.82, 2.24) is 20.3 Å². The third-order valence-corrected chi connectivity index (χ3v) is 3.25. The standard InChI is InChI=1S/C12H16N4S/c1-3-13-11(12-14-5-4-6-15-12)7-10-8-17-9(2)16-10/h4-6,8,11,13H,3,7H2,1-2H3. The molecule has 2 rings (SSSR count). The van der Waals surface area contributed by atoms with Crippen molar-refractivity contribution in [2.24, 2.45) is 0 Å². The van der Waals surface area contributed by atoms with E-state index in [4.69, 9.17) is 0 Å². The number of likely N-dealkylation sites (N-methyl/N-ethyl adjacent to an activating group) is 1. The van der Waals surface area contributed by atoms with Crippen LogP contribution in [0.25, 0.3) is 0 Å². The van der Waals surface area contributed by atoms with Crippen LogP contribution in [0.3, 0.4) is 0 Å². The molecule has 5 heteroatoms. The molecule has 90 valence electrons. The SMILES string of the molecule is CCNC(Cc1csc(C)n1)c1ncccn1. The molecule has 0 spiro atoms. The highest BCUT2D eigenvalue weighted by Gasteiger charge is 2.14. The van der Waals surface area contributed by atoms with Gasteiger partial charge in [-0.15, -0.1) is 11.3 Å². The maximum Gasteiger partial charge on any atom is 0.145 e. The monoisotopic (exact) mass is 248 g/mol. The number of nitrogens with zero attached hydrogens (tertiary/aromatic N) is 3. The molecule has 0 aliphatic rings. The summed E-state index contributed by atoms with van der Waals surface area (Å²) < 4.78 is 0. The Kier molecular flexibility index (Phi) is 4.17. The lowest BCUT2D eigenvalue weighted by molar-refractivity contribution is 0.517. The second-order valence-corrected chi connectivity index (χ2v) is 4.84. The molecular weight excluding hydrogens is 232 g/mol. The topological polar surface area (TPSA) is 50.7 Å². The van der Waals surface area contributed by atoms with E-state index in [0.717, 1.165) is 29.5 Å². The van der Waals surface area contributed by atoms with E-state index < -0.39 is 0 Å². The quantitative estimate of drug-likeness (QED) is 0.880. The van der Waals surface area contributed by atoms with Gasteiger partial charge in [0.1, 0.15) is 5.82 Å². The Morgan fingerprint density at radius 2 is 2.12 bits per heavy atom. The van der Waals surface area contributed by atoms with Crippen LogP contribution in [-0.2, 0) is 6.42 Å². The van der Waals surface area contributed by atoms with E-state index in [9.17, 15) is 0 Å². The average Bonchev–Trinajstić information content (AvgIpc) is 2.75. The zero-order chi connectivity index (χ0) is 12.1. The van der Waals surface area contributed by atoms with Gasteiger partial charge in [0, 0.05) is 24.2 Å². The van der Waals surface area contributed by atoms with Crippen molar-refractivity contribution in [1.29, 1.82) is 0 Å². The molecule has 2 aromatic heterocycles. The maximum atomic E-state index is 4.48. The van der Waals surface area contributed by atoms with Gasteiger partial charge >= 0.3 is 0 Å². The van der Waals surface area contributed by atoms with Crippen LogP contribution in [0.4, 0.5) is 0 Å². The van der Waals surface area contributed by atoms with Crippen LogP contribution in [0.15, 0.2) is 23.8 Å². The van der Waals surface area contributed by atoms with E-state index in [-0.39, 0.29) is 6.04 Å². The minimum absolute atomic E-state index is 0.141. The van der Waals surface area contributed by atoms with Gasteiger partial charge in [0.25, 0.3) is 0 Å². The van der Waals surface area contributed by atoms with Gasteiger partial charge in [-0.1, -0.05) is 6.92 Å². The second-order valence-electron chi connectivity index (χ2n) is 3.78. The molecule has 0 bridgehead atoms. The molecule has 0 aromatic carbocycles. The first-order valence-corrected chi connectivity index (χ1v) is 6.59. The Balaban J connectivity index is 2.13. The van der Waals surface area contributed by atoms with Gasteiger partial charge in [-0.2, -0.15) is 0 Å². The Morgan fingerprint density at radius 3 is 2.71 bits per heavy atom. The van der Waals surface area contributed by atoms with Crippen LogP contribution in [-0.4, -0.2) is 21.5 Å². The second kappa shape index (κ2) is 5.84. The number of aryl methyl sites for hydroxylation is 1. The Hall–Kier alpha value is -1.33. The van der Waals surface area contributed by atoms with E-state index in [2.05, 4.69) is 32.6 Å². The third kappa shape index (κ3) is 3.31. The molecule has 0 saturated carbocycles. The zero-order valence-electron chi connectivity index (χ0n) is 10.1. The van der Waals surface area contributed by atoms with Crippen molar-refractivity contribution in [3.05, 3.63) is 40.4 Å². The highest BCUT2D eigenvalue weighted by atomic mass is 32.1. The predicted molar refractivity (Wildman–Crippen MR) is 69.0 cm³/mol. The largest absolute Gasteiger partial charge is 0.307 e. The Bertz CT molecular complexity index is 455. The fourth-order valence-corrected chi connectivity index (χ4v) is 2.33. The Labute approximate surface area is 105 Å². The summed E-state index contributed by atoms with van der Waals surface area (Å²) >= 11 is 1.68. The molecule has 17 heavy (non-hydrogen) atoms. The average molecular weight is 248 g/mol. The summed E-state index contributed by atoms with van der Waals surface area (Å²) in [6.07, 6.45) is 4.39. The first-order valence-electron chi connectivity index (χ1n) is 5.71. The summed E-state index contributed by atoms with van der Waals surface area (Å²) in [5.41, 5.74) is 1.10. The smallest absolute Gasteiger partial charge is 0.145 e. The molecule has 0 aliphatic heterocycles. The van der Waals surface area contributed by atoms with Gasteiger partial charge in [0.05, 0.1) is 16.7 Å². The van der Waals surface area contributed by atoms with Crippen molar-refractivity contribution in [3.8, 4) is 0 Å². The van der Waals surface area contributed by atoms with Crippen LogP contribution < -0.4 is 5.32 Å². The van der Waals surface area contributed by atoms with E-state index in [0.29, 0.717) is 0 Å². The van der Waals surface area contributed by atoms with E-state index >= 15 is 0 Å². The highest BCUT2D eigenvalue weighted by molar-refractivity contribution is 7.09. The van der Waals surface area contributed by atoms with Gasteiger partial charge in [0.15, 0.2) is 0 Å². The van der Waals surface area contributed by atoms with Crippen molar-refractivity contribution in [3.63, 3.8) is 0 Å². The molecule has 4 nitrogen and oxygen atoms in total. The predicted octanol–water partition coefficient (Wildman–Crippen LogP) is 2.13. The van der Waals surface area contributed by atoms with Gasteiger partial charge in [0.2, 0.25) is 0 Å². The van der Waals surface area contributed by atoms with Crippen molar-refractivity contribution in [2.75, 3.05) is 6.54 Å². The minimum Gasteiger partial charge on any atom is -0.307 e. The lowest BCUT2D eigenvalue weighted by atomic mass is 10.1. The summed E-state index contributed by atoms with van der Waals surface area (Å²) in [7, 11) is 0. The van der Waals surface area contributed by atoms with E-state index in [1.807, 2.05) is 13.0 Å². The molecule has 2 aromatic rings. The molecular formula is C12H16N4S. The summed E-state index contributed by atoms with van der Waals surface area (Å²) in [5.74, 6) is 0.833. The third-order valence-electron chi connectivity index (χ3n) is 2.43. The summed E-state index contributed by atoms with van der Waals surface area (Å²) in [6, 6.07) is 1.97. The number of hydrogen-bond donors (Lipinski definition) is 1. The minimum atomic E-state index is 0.141. The van der Waals surface area contributed by atoms with Crippen LogP contribution in [0.2, 0.25) is 0 Å². The molecule has 1 N–H and O–H groups in total. The number of rotatable bonds is 5. The van der Waals surface area contributed by atoms with Gasteiger partial charge in [-0.25, -0.2) is 15.0 Å². The van der Waals surface area contributed by atoms with Gasteiger partial charge < -0.3 is 5.32 Å². The van der Waals surface area contributed by atoms with Crippen molar-refractivity contribution < 1.29 is 0 Å². The highest BCUT2D eigenvalue weighted by Crippen LogP contribution is 2.16. The molecule has 1 unspecified atom stereocenters. The van der Waals surface area contributed by atoms with Crippen LogP contribution in [0.1, 0.15) is 29.5 Å². The van der Waals surface area contributed by atoms with Crippen molar-refractivity contribution in [2.45, 2.75) is 26.3 Å². The normalized spacial score (nSPS) is 12.6. The maximum absolute atomic E-state index is 4.48. The zero-order valence-corrected chi connectivity index (χ0v) is 10.9. The molecule has 0 saturated heterocycles. The first kappa shape index (κ1) is 12.1. The summed E-state index contributed by atoms with van der Waals surface area (Å²) in [6.45, 7) is 5.00. The Morgan fingerprint density at radius 1 is 1.35 bits per heavy atom. The number of aromatic nitrogens is 3. The molecule has 0 amide bonds. The van der Waals surface area contributed by atoms with E-state index in [1.54, 1.807) is 23.7 Å². The molecule has 1 atom stereocenters. The fraction of sp³-hybridized carbons (Fsp3) is 0.417.